The molecule has 2 heteroatoms. The van der Waals surface area contributed by atoms with Crippen LogP contribution in [0.25, 0.3) is 11.1 Å². The van der Waals surface area contributed by atoms with Gasteiger partial charge in [-0.05, 0) is 120 Å². The fourth-order valence-electron chi connectivity index (χ4n) is 9.85. The van der Waals surface area contributed by atoms with Gasteiger partial charge < -0.3 is 0 Å². The molecule has 0 fully saturated rings. The van der Waals surface area contributed by atoms with E-state index in [4.69, 9.17) is 9.98 Å². The normalized spacial score (nSPS) is 25.8. The summed E-state index contributed by atoms with van der Waals surface area (Å²) in [7, 11) is 0. The highest BCUT2D eigenvalue weighted by atomic mass is 14.9. The third-order valence-corrected chi connectivity index (χ3v) is 12.7. The van der Waals surface area contributed by atoms with Gasteiger partial charge in [-0.25, -0.2) is 9.98 Å². The van der Waals surface area contributed by atoms with Crippen LogP contribution in [0.1, 0.15) is 87.5 Å². The predicted octanol–water partition coefficient (Wildman–Crippen LogP) is 13.6. The van der Waals surface area contributed by atoms with Gasteiger partial charge in [0.05, 0.1) is 11.1 Å². The molecule has 278 valence electrons. The number of allylic oxidation sites excluding steroid dienone is 17. The van der Waals surface area contributed by atoms with Gasteiger partial charge in [-0.3, -0.25) is 0 Å². The number of aliphatic imine (C=N–C) groups is 2. The first-order chi connectivity index (χ1) is 27.5. The molecule has 6 aliphatic carbocycles. The van der Waals surface area contributed by atoms with E-state index in [9.17, 15) is 0 Å². The lowest BCUT2D eigenvalue weighted by atomic mass is 9.66. The minimum absolute atomic E-state index is 0.0851. The number of benzene rings is 3. The number of hydrogen-bond acceptors (Lipinski definition) is 1. The third-order valence-electron chi connectivity index (χ3n) is 12.7. The predicted molar refractivity (Wildman–Crippen MR) is 237 cm³/mol. The van der Waals surface area contributed by atoms with E-state index in [0.717, 1.165) is 67.8 Å². The van der Waals surface area contributed by atoms with Crippen LogP contribution in [0, 0.1) is 17.8 Å². The Morgan fingerprint density at radius 1 is 0.839 bits per heavy atom. The summed E-state index contributed by atoms with van der Waals surface area (Å²) in [6, 6.07) is 27.1. The molecule has 3 aromatic carbocycles. The standard InChI is InChI=1S/C54H52N2/c1-4-5-17-39-26-32-47-44(34-39)30-28-40-27-29-42(35-50(40)47)37(2)55-53(41-18-9-6-10-19-41)56-38(3)43-31-33-49-48-24-15-16-25-51(48)54(52(49)36-43,45-20-11-7-12-21-45)46-22-13-8-14-23-46/h6-7,9-13,15-18,20-26,28,30-33,35-36,41,44,47H,2,4-5,8,14,19,27,29,34H2,1,3H3/b39-17-,55-53-,56-38+. The first kappa shape index (κ1) is 36.1. The van der Waals surface area contributed by atoms with Gasteiger partial charge in [-0.2, -0.15) is 0 Å². The van der Waals surface area contributed by atoms with Crippen molar-refractivity contribution in [1.29, 1.82) is 0 Å². The first-order valence-electron chi connectivity index (χ1n) is 20.9. The summed E-state index contributed by atoms with van der Waals surface area (Å²) in [5, 5.41) is 0. The lowest BCUT2D eigenvalue weighted by Crippen LogP contribution is -2.29. The molecule has 0 saturated heterocycles. The molecule has 0 bridgehead atoms. The lowest BCUT2D eigenvalue weighted by molar-refractivity contribution is 0.509. The van der Waals surface area contributed by atoms with Crippen LogP contribution < -0.4 is 0 Å². The van der Waals surface area contributed by atoms with Crippen molar-refractivity contribution < 1.29 is 0 Å². The van der Waals surface area contributed by atoms with E-state index in [0.29, 0.717) is 11.8 Å². The Balaban J connectivity index is 1.10. The Morgan fingerprint density at radius 2 is 1.70 bits per heavy atom. The van der Waals surface area contributed by atoms with Crippen molar-refractivity contribution in [3.63, 3.8) is 0 Å². The van der Waals surface area contributed by atoms with Crippen LogP contribution in [0.3, 0.4) is 0 Å². The van der Waals surface area contributed by atoms with Crippen molar-refractivity contribution in [3.05, 3.63) is 214 Å². The Kier molecular flexibility index (Phi) is 9.98. The van der Waals surface area contributed by atoms with Crippen molar-refractivity contribution in [2.45, 2.75) is 70.6 Å². The summed E-state index contributed by atoms with van der Waals surface area (Å²) in [5.41, 5.74) is 16.1. The van der Waals surface area contributed by atoms with Crippen LogP contribution in [0.15, 0.2) is 202 Å². The van der Waals surface area contributed by atoms with Gasteiger partial charge in [-0.1, -0.05) is 171 Å². The molecule has 4 unspecified atom stereocenters. The Morgan fingerprint density at radius 3 is 2.52 bits per heavy atom. The molecule has 9 rings (SSSR count). The minimum Gasteiger partial charge on any atom is -0.237 e. The maximum atomic E-state index is 5.42. The van der Waals surface area contributed by atoms with E-state index >= 15 is 0 Å². The van der Waals surface area contributed by atoms with Crippen LogP contribution >= 0.6 is 0 Å². The maximum absolute atomic E-state index is 5.42. The topological polar surface area (TPSA) is 24.7 Å². The van der Waals surface area contributed by atoms with E-state index < -0.39 is 5.41 Å². The third kappa shape index (κ3) is 6.49. The van der Waals surface area contributed by atoms with E-state index in [1.165, 1.54) is 62.1 Å². The largest absolute Gasteiger partial charge is 0.237 e. The zero-order valence-electron chi connectivity index (χ0n) is 32.9. The second kappa shape index (κ2) is 15.5. The van der Waals surface area contributed by atoms with Gasteiger partial charge in [-0.15, -0.1) is 0 Å². The van der Waals surface area contributed by atoms with Gasteiger partial charge in [0, 0.05) is 17.5 Å². The molecule has 0 N–H and O–H groups in total. The molecule has 3 aromatic rings. The summed E-state index contributed by atoms with van der Waals surface area (Å²) in [4.78, 5) is 10.7. The number of hydrogen-bond donors (Lipinski definition) is 0. The molecular weight excluding hydrogens is 677 g/mol. The van der Waals surface area contributed by atoms with Crippen molar-refractivity contribution >= 4 is 11.5 Å². The van der Waals surface area contributed by atoms with Gasteiger partial charge in [0.2, 0.25) is 0 Å². The zero-order valence-corrected chi connectivity index (χ0v) is 32.9. The van der Waals surface area contributed by atoms with Crippen molar-refractivity contribution in [2.75, 3.05) is 0 Å². The number of nitrogens with zero attached hydrogens (tertiary/aromatic N) is 2. The fraction of sp³-hybridized carbons (Fsp3) is 0.259. The second-order valence-corrected chi connectivity index (χ2v) is 16.2. The molecular formula is C54H52N2. The number of amidine groups is 1. The molecule has 2 nitrogen and oxygen atoms in total. The average Bonchev–Trinajstić information content (AvgIpc) is 3.56. The van der Waals surface area contributed by atoms with Gasteiger partial charge in [0.1, 0.15) is 5.84 Å². The molecule has 0 saturated carbocycles. The van der Waals surface area contributed by atoms with E-state index in [1.54, 1.807) is 0 Å². The van der Waals surface area contributed by atoms with Gasteiger partial charge in [0.15, 0.2) is 0 Å². The van der Waals surface area contributed by atoms with Gasteiger partial charge >= 0.3 is 0 Å². The number of unbranched alkanes of at least 4 members (excludes halogenated alkanes) is 1. The summed E-state index contributed by atoms with van der Waals surface area (Å²) in [6.45, 7) is 9.01. The Labute approximate surface area is 334 Å². The SMILES string of the molecule is C=C(/N=C(\N=C(/C)c1ccc2c(c1)C(C1=CCCC=C1)(c1ccccc1)c1ccccc1-2)C1C=CC=CC1)C1=CC2=C(C=CC3C/C(=C\CCC)C=CC23)CC1. The molecule has 0 aliphatic heterocycles. The molecule has 0 spiro atoms. The highest BCUT2D eigenvalue weighted by molar-refractivity contribution is 6.08. The monoisotopic (exact) mass is 728 g/mol. The molecule has 6 aliphatic rings. The van der Waals surface area contributed by atoms with E-state index in [1.807, 2.05) is 0 Å². The molecule has 56 heavy (non-hydrogen) atoms. The second-order valence-electron chi connectivity index (χ2n) is 16.2. The molecule has 0 aromatic heterocycles. The summed E-state index contributed by atoms with van der Waals surface area (Å²) >= 11 is 0. The lowest BCUT2D eigenvalue weighted by Gasteiger charge is -2.35. The van der Waals surface area contributed by atoms with Crippen molar-refractivity contribution in [1.82, 2.24) is 0 Å². The fourth-order valence-corrected chi connectivity index (χ4v) is 9.85. The van der Waals surface area contributed by atoms with Crippen LogP contribution in [0.2, 0.25) is 0 Å². The summed E-state index contributed by atoms with van der Waals surface area (Å²) in [6.07, 6.45) is 38.8. The minimum atomic E-state index is -0.405. The smallest absolute Gasteiger partial charge is 0.136 e. The quantitative estimate of drug-likeness (QED) is 0.163. The molecule has 4 atom stereocenters. The average molecular weight is 729 g/mol. The molecule has 0 amide bonds. The Hall–Kier alpha value is -5.60. The Bertz CT molecular complexity index is 2410. The van der Waals surface area contributed by atoms with Crippen molar-refractivity contribution in [3.8, 4) is 11.1 Å². The summed E-state index contributed by atoms with van der Waals surface area (Å²) < 4.78 is 0. The molecule has 0 heterocycles. The van der Waals surface area contributed by atoms with Crippen LogP contribution in [0.4, 0.5) is 0 Å². The van der Waals surface area contributed by atoms with Crippen LogP contribution in [0.5, 0.6) is 0 Å². The summed E-state index contributed by atoms with van der Waals surface area (Å²) in [5.74, 6) is 1.85. The van der Waals surface area contributed by atoms with Crippen LogP contribution in [-0.4, -0.2) is 11.5 Å². The zero-order chi connectivity index (χ0) is 38.1. The number of rotatable bonds is 8. The first-order valence-corrected chi connectivity index (χ1v) is 20.9. The van der Waals surface area contributed by atoms with Gasteiger partial charge in [0.25, 0.3) is 0 Å². The van der Waals surface area contributed by atoms with E-state index in [-0.39, 0.29) is 5.92 Å². The molecule has 0 radical (unpaired) electrons. The van der Waals surface area contributed by atoms with Crippen LogP contribution in [-0.2, 0) is 5.41 Å². The maximum Gasteiger partial charge on any atom is 0.136 e. The van der Waals surface area contributed by atoms with Crippen molar-refractivity contribution in [2.24, 2.45) is 27.7 Å². The van der Waals surface area contributed by atoms with E-state index in [2.05, 4.69) is 172 Å². The number of fused-ring (bicyclic) bond motifs is 5. The highest BCUT2D eigenvalue weighted by Crippen LogP contribution is 2.57. The highest BCUT2D eigenvalue weighted by Gasteiger charge is 2.47.